The molecule has 0 aliphatic carbocycles. The van der Waals surface area contributed by atoms with Gasteiger partial charge in [0, 0.05) is 29.3 Å². The SMILES string of the molecule is Cc1ccc(C2CSCCN2C(=O)c2cc(N)ccc2C)cc1. The van der Waals surface area contributed by atoms with Crippen molar-refractivity contribution < 1.29 is 4.79 Å². The highest BCUT2D eigenvalue weighted by Gasteiger charge is 2.29. The highest BCUT2D eigenvalue weighted by atomic mass is 32.2. The smallest absolute Gasteiger partial charge is 0.254 e. The van der Waals surface area contributed by atoms with Gasteiger partial charge in [0.05, 0.1) is 6.04 Å². The Morgan fingerprint density at radius 1 is 1.17 bits per heavy atom. The molecule has 1 amide bonds. The molecule has 1 atom stereocenters. The average molecular weight is 326 g/mol. The van der Waals surface area contributed by atoms with E-state index in [4.69, 9.17) is 5.73 Å². The molecule has 1 aliphatic heterocycles. The molecule has 0 bridgehead atoms. The predicted molar refractivity (Wildman–Crippen MR) is 97.9 cm³/mol. The van der Waals surface area contributed by atoms with Crippen LogP contribution in [0.15, 0.2) is 42.5 Å². The van der Waals surface area contributed by atoms with Gasteiger partial charge in [-0.05, 0) is 37.1 Å². The van der Waals surface area contributed by atoms with Crippen LogP contribution in [0.25, 0.3) is 0 Å². The number of thioether (sulfide) groups is 1. The number of hydrogen-bond acceptors (Lipinski definition) is 3. The monoisotopic (exact) mass is 326 g/mol. The molecule has 0 saturated carbocycles. The predicted octanol–water partition coefficient (Wildman–Crippen LogP) is 3.82. The fourth-order valence-corrected chi connectivity index (χ4v) is 4.02. The van der Waals surface area contributed by atoms with Crippen molar-refractivity contribution in [1.82, 2.24) is 4.90 Å². The van der Waals surface area contributed by atoms with E-state index in [0.717, 1.165) is 23.6 Å². The third-order valence-corrected chi connectivity index (χ3v) is 5.37. The number of nitrogens with two attached hydrogens (primary N) is 1. The molecule has 1 aliphatic rings. The molecule has 120 valence electrons. The van der Waals surface area contributed by atoms with Crippen molar-refractivity contribution in [3.8, 4) is 0 Å². The maximum absolute atomic E-state index is 13.1. The molecule has 1 heterocycles. The van der Waals surface area contributed by atoms with Crippen LogP contribution in [0.2, 0.25) is 0 Å². The number of aryl methyl sites for hydroxylation is 2. The van der Waals surface area contributed by atoms with Gasteiger partial charge in [-0.15, -0.1) is 0 Å². The van der Waals surface area contributed by atoms with Crippen molar-refractivity contribution in [3.63, 3.8) is 0 Å². The lowest BCUT2D eigenvalue weighted by Gasteiger charge is -2.36. The van der Waals surface area contributed by atoms with Gasteiger partial charge < -0.3 is 10.6 Å². The maximum atomic E-state index is 13.1. The molecule has 3 rings (SSSR count). The molecular formula is C19H22N2OS. The minimum absolute atomic E-state index is 0.0840. The van der Waals surface area contributed by atoms with E-state index < -0.39 is 0 Å². The van der Waals surface area contributed by atoms with Crippen LogP contribution in [0, 0.1) is 13.8 Å². The number of amides is 1. The second-order valence-electron chi connectivity index (χ2n) is 6.07. The normalized spacial score (nSPS) is 18.0. The Bertz CT molecular complexity index is 712. The molecule has 0 radical (unpaired) electrons. The highest BCUT2D eigenvalue weighted by Crippen LogP contribution is 2.31. The van der Waals surface area contributed by atoms with E-state index in [2.05, 4.69) is 31.2 Å². The molecule has 1 fully saturated rings. The molecule has 1 unspecified atom stereocenters. The molecule has 2 aromatic carbocycles. The molecular weight excluding hydrogens is 304 g/mol. The molecule has 1 saturated heterocycles. The van der Waals surface area contributed by atoms with Crippen molar-refractivity contribution in [1.29, 1.82) is 0 Å². The second-order valence-corrected chi connectivity index (χ2v) is 7.22. The van der Waals surface area contributed by atoms with Crippen LogP contribution >= 0.6 is 11.8 Å². The number of hydrogen-bond donors (Lipinski definition) is 1. The topological polar surface area (TPSA) is 46.3 Å². The van der Waals surface area contributed by atoms with Crippen LogP contribution in [0.3, 0.4) is 0 Å². The van der Waals surface area contributed by atoms with Gasteiger partial charge in [-0.3, -0.25) is 4.79 Å². The summed E-state index contributed by atoms with van der Waals surface area (Å²) in [6, 6.07) is 14.2. The Hall–Kier alpha value is -1.94. The van der Waals surface area contributed by atoms with Crippen LogP contribution in [-0.2, 0) is 0 Å². The van der Waals surface area contributed by atoms with E-state index >= 15 is 0 Å². The minimum Gasteiger partial charge on any atom is -0.399 e. The fourth-order valence-electron chi connectivity index (χ4n) is 2.94. The van der Waals surface area contributed by atoms with Gasteiger partial charge in [0.1, 0.15) is 0 Å². The van der Waals surface area contributed by atoms with Crippen LogP contribution in [0.1, 0.15) is 33.1 Å². The Morgan fingerprint density at radius 3 is 2.65 bits per heavy atom. The summed E-state index contributed by atoms with van der Waals surface area (Å²) in [4.78, 5) is 15.1. The number of rotatable bonds is 2. The van der Waals surface area contributed by atoms with E-state index in [9.17, 15) is 4.79 Å². The summed E-state index contributed by atoms with van der Waals surface area (Å²) in [6.07, 6.45) is 0. The third-order valence-electron chi connectivity index (χ3n) is 4.34. The zero-order valence-corrected chi connectivity index (χ0v) is 14.4. The third kappa shape index (κ3) is 3.37. The number of nitrogens with zero attached hydrogens (tertiary/aromatic N) is 1. The number of benzene rings is 2. The summed E-state index contributed by atoms with van der Waals surface area (Å²) in [5.74, 6) is 2.01. The first kappa shape index (κ1) is 15.9. The first-order valence-corrected chi connectivity index (χ1v) is 9.03. The molecule has 0 aromatic heterocycles. The Balaban J connectivity index is 1.93. The zero-order valence-electron chi connectivity index (χ0n) is 13.6. The highest BCUT2D eigenvalue weighted by molar-refractivity contribution is 7.99. The van der Waals surface area contributed by atoms with Gasteiger partial charge in [-0.25, -0.2) is 0 Å². The maximum Gasteiger partial charge on any atom is 0.254 e. The number of nitrogen functional groups attached to an aromatic ring is 1. The minimum atomic E-state index is 0.0840. The quantitative estimate of drug-likeness (QED) is 0.854. The lowest BCUT2D eigenvalue weighted by atomic mass is 10.0. The zero-order chi connectivity index (χ0) is 16.4. The number of carbonyl (C=O) groups excluding carboxylic acids is 1. The van der Waals surface area contributed by atoms with Crippen molar-refractivity contribution in [2.75, 3.05) is 23.8 Å². The van der Waals surface area contributed by atoms with Crippen LogP contribution in [0.5, 0.6) is 0 Å². The van der Waals surface area contributed by atoms with E-state index in [-0.39, 0.29) is 11.9 Å². The molecule has 2 N–H and O–H groups in total. The summed E-state index contributed by atoms with van der Waals surface area (Å²) >= 11 is 1.91. The lowest BCUT2D eigenvalue weighted by Crippen LogP contribution is -2.41. The Morgan fingerprint density at radius 2 is 1.91 bits per heavy atom. The first-order chi connectivity index (χ1) is 11.1. The van der Waals surface area contributed by atoms with Crippen molar-refractivity contribution >= 4 is 23.4 Å². The van der Waals surface area contributed by atoms with E-state index in [1.54, 1.807) is 6.07 Å². The van der Waals surface area contributed by atoms with Gasteiger partial charge in [0.15, 0.2) is 0 Å². The molecule has 3 nitrogen and oxygen atoms in total. The number of anilines is 1. The van der Waals surface area contributed by atoms with E-state index in [0.29, 0.717) is 11.3 Å². The Kier molecular flexibility index (Phi) is 4.62. The van der Waals surface area contributed by atoms with Gasteiger partial charge >= 0.3 is 0 Å². The lowest BCUT2D eigenvalue weighted by molar-refractivity contribution is 0.0700. The van der Waals surface area contributed by atoms with Crippen LogP contribution in [0.4, 0.5) is 5.69 Å². The van der Waals surface area contributed by atoms with Crippen LogP contribution < -0.4 is 5.73 Å². The van der Waals surface area contributed by atoms with Crippen molar-refractivity contribution in [2.24, 2.45) is 0 Å². The summed E-state index contributed by atoms with van der Waals surface area (Å²) in [6.45, 7) is 4.82. The van der Waals surface area contributed by atoms with Crippen LogP contribution in [-0.4, -0.2) is 28.9 Å². The molecule has 4 heteroatoms. The number of carbonyl (C=O) groups is 1. The molecule has 2 aromatic rings. The van der Waals surface area contributed by atoms with Gasteiger partial charge in [-0.1, -0.05) is 35.9 Å². The first-order valence-electron chi connectivity index (χ1n) is 7.87. The largest absolute Gasteiger partial charge is 0.399 e. The summed E-state index contributed by atoms with van der Waals surface area (Å²) in [5, 5.41) is 0. The van der Waals surface area contributed by atoms with Crippen molar-refractivity contribution in [2.45, 2.75) is 19.9 Å². The summed E-state index contributed by atoms with van der Waals surface area (Å²) in [5.41, 5.74) is 10.7. The van der Waals surface area contributed by atoms with E-state index in [1.807, 2.05) is 35.7 Å². The summed E-state index contributed by atoms with van der Waals surface area (Å²) < 4.78 is 0. The Labute approximate surface area is 141 Å². The van der Waals surface area contributed by atoms with Gasteiger partial charge in [-0.2, -0.15) is 11.8 Å². The fraction of sp³-hybridized carbons (Fsp3) is 0.316. The molecule has 23 heavy (non-hydrogen) atoms. The average Bonchev–Trinajstić information content (AvgIpc) is 2.57. The molecule has 0 spiro atoms. The van der Waals surface area contributed by atoms with E-state index in [1.165, 1.54) is 11.1 Å². The second kappa shape index (κ2) is 6.67. The van der Waals surface area contributed by atoms with Crippen molar-refractivity contribution in [3.05, 3.63) is 64.7 Å². The summed E-state index contributed by atoms with van der Waals surface area (Å²) in [7, 11) is 0. The van der Waals surface area contributed by atoms with Gasteiger partial charge in [0.2, 0.25) is 0 Å². The van der Waals surface area contributed by atoms with Gasteiger partial charge in [0.25, 0.3) is 5.91 Å². The standard InChI is InChI=1S/C19H22N2OS/c1-13-3-6-15(7-4-13)18-12-23-10-9-21(18)19(22)17-11-16(20)8-5-14(17)2/h3-8,11,18H,9-10,12,20H2,1-2H3.